The zero-order chi connectivity index (χ0) is 11.2. The molecule has 0 aromatic carbocycles. The Hall–Kier alpha value is -1.69. The lowest BCUT2D eigenvalue weighted by Gasteiger charge is -2.13. The highest BCUT2D eigenvalue weighted by molar-refractivity contribution is 5.28. The molecule has 2 aromatic rings. The van der Waals surface area contributed by atoms with Gasteiger partial charge in [-0.05, 0) is 20.8 Å². The van der Waals surface area contributed by atoms with E-state index in [-0.39, 0.29) is 5.56 Å². The van der Waals surface area contributed by atoms with E-state index in [0.717, 1.165) is 0 Å². The van der Waals surface area contributed by atoms with Gasteiger partial charge in [0.2, 0.25) is 0 Å². The molecule has 2 rings (SSSR count). The van der Waals surface area contributed by atoms with Crippen molar-refractivity contribution in [2.24, 2.45) is 5.73 Å². The van der Waals surface area contributed by atoms with E-state index >= 15 is 0 Å². The van der Waals surface area contributed by atoms with Crippen molar-refractivity contribution in [2.45, 2.75) is 26.3 Å². The average Bonchev–Trinajstić information content (AvgIpc) is 2.46. The second-order valence-corrected chi connectivity index (χ2v) is 4.17. The highest BCUT2D eigenvalue weighted by Crippen LogP contribution is 2.11. The molecule has 6 heteroatoms. The summed E-state index contributed by atoms with van der Waals surface area (Å²) in [6.45, 7) is 5.37. The first-order chi connectivity index (χ1) is 6.88. The van der Waals surface area contributed by atoms with Crippen LogP contribution in [0.15, 0.2) is 10.9 Å². The maximum absolute atomic E-state index is 11.6. The molecular formula is C9H13N5O. The van der Waals surface area contributed by atoms with Gasteiger partial charge in [-0.3, -0.25) is 9.89 Å². The van der Waals surface area contributed by atoms with Crippen LogP contribution in [-0.4, -0.2) is 19.6 Å². The van der Waals surface area contributed by atoms with Crippen molar-refractivity contribution >= 4 is 5.78 Å². The molecule has 0 fully saturated rings. The first-order valence-electron chi connectivity index (χ1n) is 4.64. The van der Waals surface area contributed by atoms with Gasteiger partial charge in [0.05, 0.1) is 5.54 Å². The van der Waals surface area contributed by atoms with Crippen LogP contribution in [0, 0.1) is 6.92 Å². The fraction of sp³-hybridized carbons (Fsp3) is 0.444. The number of fused-ring (bicyclic) bond motifs is 1. The SMILES string of the molecule is Cc1cc(=O)n2[nH]c(C(C)(C)N)nc2n1. The van der Waals surface area contributed by atoms with Crippen molar-refractivity contribution in [2.75, 3.05) is 0 Å². The Morgan fingerprint density at radius 2 is 2.13 bits per heavy atom. The van der Waals surface area contributed by atoms with Crippen LogP contribution in [0.1, 0.15) is 25.4 Å². The molecule has 0 bridgehead atoms. The molecule has 0 aliphatic rings. The topological polar surface area (TPSA) is 89.1 Å². The van der Waals surface area contributed by atoms with Gasteiger partial charge < -0.3 is 5.73 Å². The number of H-pyrrole nitrogens is 1. The van der Waals surface area contributed by atoms with Gasteiger partial charge in [-0.2, -0.15) is 9.50 Å². The first kappa shape index (κ1) is 9.85. The van der Waals surface area contributed by atoms with E-state index in [1.807, 2.05) is 13.8 Å². The molecule has 0 aliphatic carbocycles. The van der Waals surface area contributed by atoms with Gasteiger partial charge in [-0.25, -0.2) is 4.98 Å². The lowest BCUT2D eigenvalue weighted by Crippen LogP contribution is -2.30. The van der Waals surface area contributed by atoms with Crippen LogP contribution in [0.4, 0.5) is 0 Å². The number of hydrogen-bond donors (Lipinski definition) is 2. The minimum Gasteiger partial charge on any atom is -0.319 e. The molecule has 6 nitrogen and oxygen atoms in total. The molecule has 0 aliphatic heterocycles. The number of rotatable bonds is 1. The van der Waals surface area contributed by atoms with E-state index in [9.17, 15) is 4.79 Å². The van der Waals surface area contributed by atoms with Crippen LogP contribution < -0.4 is 11.3 Å². The van der Waals surface area contributed by atoms with Gasteiger partial charge in [0.25, 0.3) is 11.3 Å². The van der Waals surface area contributed by atoms with Crippen LogP contribution in [0.25, 0.3) is 5.78 Å². The number of nitrogens with two attached hydrogens (primary N) is 1. The van der Waals surface area contributed by atoms with Gasteiger partial charge >= 0.3 is 0 Å². The molecule has 2 heterocycles. The number of hydrogen-bond acceptors (Lipinski definition) is 4. The molecule has 3 N–H and O–H groups in total. The second-order valence-electron chi connectivity index (χ2n) is 4.17. The molecule has 0 spiro atoms. The minimum absolute atomic E-state index is 0.180. The zero-order valence-electron chi connectivity index (χ0n) is 8.90. The van der Waals surface area contributed by atoms with E-state index in [1.165, 1.54) is 10.6 Å². The summed E-state index contributed by atoms with van der Waals surface area (Å²) in [5.41, 5.74) is 5.72. The second kappa shape index (κ2) is 2.90. The van der Waals surface area contributed by atoms with Gasteiger partial charge in [-0.1, -0.05) is 0 Å². The summed E-state index contributed by atoms with van der Waals surface area (Å²) < 4.78 is 1.29. The van der Waals surface area contributed by atoms with Gasteiger partial charge in [0.1, 0.15) is 5.82 Å². The fourth-order valence-electron chi connectivity index (χ4n) is 1.28. The third-order valence-corrected chi connectivity index (χ3v) is 2.07. The summed E-state index contributed by atoms with van der Waals surface area (Å²) in [5, 5.41) is 2.84. The fourth-order valence-corrected chi connectivity index (χ4v) is 1.28. The van der Waals surface area contributed by atoms with Crippen molar-refractivity contribution in [1.29, 1.82) is 0 Å². The molecule has 0 unspecified atom stereocenters. The average molecular weight is 207 g/mol. The monoisotopic (exact) mass is 207 g/mol. The quantitative estimate of drug-likeness (QED) is 0.684. The predicted octanol–water partition coefficient (Wildman–Crippen LogP) is -0.0802. The van der Waals surface area contributed by atoms with Crippen LogP contribution >= 0.6 is 0 Å². The summed E-state index contributed by atoms with van der Waals surface area (Å²) in [4.78, 5) is 19.9. The number of nitrogens with one attached hydrogen (secondary N) is 1. The lowest BCUT2D eigenvalue weighted by molar-refractivity contribution is 0.513. The van der Waals surface area contributed by atoms with Crippen LogP contribution in [0.5, 0.6) is 0 Å². The summed E-state index contributed by atoms with van der Waals surface area (Å²) in [7, 11) is 0. The maximum atomic E-state index is 11.6. The van der Waals surface area contributed by atoms with Crippen molar-refractivity contribution in [3.8, 4) is 0 Å². The summed E-state index contributed by atoms with van der Waals surface area (Å²) in [5.74, 6) is 0.895. The minimum atomic E-state index is -0.617. The van der Waals surface area contributed by atoms with E-state index in [4.69, 9.17) is 5.73 Å². The lowest BCUT2D eigenvalue weighted by atomic mass is 10.1. The molecular weight excluding hydrogens is 194 g/mol. The van der Waals surface area contributed by atoms with Crippen molar-refractivity contribution in [1.82, 2.24) is 19.6 Å². The Balaban J connectivity index is 2.77. The van der Waals surface area contributed by atoms with Crippen LogP contribution in [-0.2, 0) is 5.54 Å². The number of aromatic amines is 1. The third kappa shape index (κ3) is 1.63. The number of aryl methyl sites for hydroxylation is 1. The van der Waals surface area contributed by atoms with Crippen molar-refractivity contribution in [3.63, 3.8) is 0 Å². The van der Waals surface area contributed by atoms with Crippen LogP contribution in [0.3, 0.4) is 0 Å². The standard InChI is InChI=1S/C9H13N5O/c1-5-4-6(15)14-8(11-5)12-7(13-14)9(2,3)10/h4H,10H2,1-3H3,(H,11,12,13). The molecule has 0 amide bonds. The van der Waals surface area contributed by atoms with Gasteiger partial charge in [0.15, 0.2) is 0 Å². The van der Waals surface area contributed by atoms with E-state index in [2.05, 4.69) is 15.1 Å². The smallest absolute Gasteiger partial charge is 0.274 e. The molecule has 0 atom stereocenters. The third-order valence-electron chi connectivity index (χ3n) is 2.07. The van der Waals surface area contributed by atoms with Gasteiger partial charge in [0, 0.05) is 11.8 Å². The molecule has 2 aromatic heterocycles. The van der Waals surface area contributed by atoms with E-state index in [0.29, 0.717) is 17.3 Å². The molecule has 80 valence electrons. The highest BCUT2D eigenvalue weighted by Gasteiger charge is 2.19. The largest absolute Gasteiger partial charge is 0.319 e. The number of nitrogens with zero attached hydrogens (tertiary/aromatic N) is 3. The highest BCUT2D eigenvalue weighted by atomic mass is 16.1. The molecule has 0 saturated carbocycles. The van der Waals surface area contributed by atoms with Crippen LogP contribution in [0.2, 0.25) is 0 Å². The van der Waals surface area contributed by atoms with E-state index < -0.39 is 5.54 Å². The zero-order valence-corrected chi connectivity index (χ0v) is 8.90. The molecule has 0 saturated heterocycles. The van der Waals surface area contributed by atoms with E-state index in [1.54, 1.807) is 6.92 Å². The molecule has 15 heavy (non-hydrogen) atoms. The van der Waals surface area contributed by atoms with Crippen molar-refractivity contribution in [3.05, 3.63) is 27.9 Å². The van der Waals surface area contributed by atoms with Crippen molar-refractivity contribution < 1.29 is 0 Å². The molecule has 0 radical (unpaired) electrons. The Labute approximate surface area is 86.1 Å². The normalized spacial score (nSPS) is 12.3. The Kier molecular flexibility index (Phi) is 1.90. The maximum Gasteiger partial charge on any atom is 0.274 e. The Bertz CT molecular complexity index is 560. The summed E-state index contributed by atoms with van der Waals surface area (Å²) >= 11 is 0. The summed E-state index contributed by atoms with van der Waals surface area (Å²) in [6, 6.07) is 1.44. The van der Waals surface area contributed by atoms with Gasteiger partial charge in [-0.15, -0.1) is 0 Å². The number of aromatic nitrogens is 4. The predicted molar refractivity (Wildman–Crippen MR) is 55.6 cm³/mol. The Morgan fingerprint density at radius 3 is 2.73 bits per heavy atom. The summed E-state index contributed by atoms with van der Waals surface area (Å²) in [6.07, 6.45) is 0. The first-order valence-corrected chi connectivity index (χ1v) is 4.64. The Morgan fingerprint density at radius 1 is 1.47 bits per heavy atom.